The molecule has 2 amide bonds. The van der Waals surface area contributed by atoms with Crippen LogP contribution in [-0.4, -0.2) is 86.5 Å². The Labute approximate surface area is 235 Å². The van der Waals surface area contributed by atoms with Crippen LogP contribution in [0.1, 0.15) is 29.9 Å². The van der Waals surface area contributed by atoms with Crippen molar-refractivity contribution >= 4 is 39.4 Å². The van der Waals surface area contributed by atoms with Crippen LogP contribution >= 0.6 is 11.3 Å². The number of carbonyl (C=O) groups is 2. The van der Waals surface area contributed by atoms with Crippen LogP contribution < -0.4 is 15.4 Å². The van der Waals surface area contributed by atoms with Crippen molar-refractivity contribution in [3.05, 3.63) is 54.2 Å². The molecule has 12 nitrogen and oxygen atoms in total. The standard InChI is InChI=1S/C27H31N7O5S/c1-16-21(8-17(9-29-16)31-23(36)13-33-11-18(14-35)39-27(2,3)15-33)32-24(37)20-10-30-34-12-22(40-26(20)34)19-6-5-7-28-25(19)38-4/h5-10,12,18,35H,11,13-15H2,1-4H3,(H,31,36)(H,32,37)/t18-/m0/s1. The molecule has 4 aromatic rings. The van der Waals surface area contributed by atoms with Crippen LogP contribution in [0.2, 0.25) is 0 Å². The number of nitrogens with zero attached hydrogens (tertiary/aromatic N) is 5. The van der Waals surface area contributed by atoms with E-state index in [4.69, 9.17) is 9.47 Å². The van der Waals surface area contributed by atoms with Crippen molar-refractivity contribution in [2.45, 2.75) is 32.5 Å². The molecule has 1 aliphatic rings. The number of rotatable bonds is 8. The molecule has 0 aromatic carbocycles. The second-order valence-electron chi connectivity index (χ2n) is 10.2. The lowest BCUT2D eigenvalue weighted by molar-refractivity contribution is -0.151. The molecular formula is C27H31N7O5S. The molecule has 1 atom stereocenters. The van der Waals surface area contributed by atoms with Gasteiger partial charge >= 0.3 is 0 Å². The van der Waals surface area contributed by atoms with Crippen LogP contribution in [0.4, 0.5) is 11.4 Å². The Kier molecular flexibility index (Phi) is 7.81. The van der Waals surface area contributed by atoms with Crippen molar-refractivity contribution in [1.82, 2.24) is 24.5 Å². The van der Waals surface area contributed by atoms with Crippen LogP contribution in [0.15, 0.2) is 43.0 Å². The van der Waals surface area contributed by atoms with Crippen LogP contribution in [-0.2, 0) is 9.53 Å². The predicted molar refractivity (Wildman–Crippen MR) is 151 cm³/mol. The number of pyridine rings is 2. The Morgan fingerprint density at radius 2 is 2.10 bits per heavy atom. The third-order valence-electron chi connectivity index (χ3n) is 6.41. The van der Waals surface area contributed by atoms with E-state index in [-0.39, 0.29) is 31.1 Å². The molecular weight excluding hydrogens is 534 g/mol. The normalized spacial score (nSPS) is 17.1. The van der Waals surface area contributed by atoms with Crippen molar-refractivity contribution in [2.75, 3.05) is 44.0 Å². The first kappa shape index (κ1) is 27.6. The lowest BCUT2D eigenvalue weighted by Gasteiger charge is -2.41. The van der Waals surface area contributed by atoms with Gasteiger partial charge in [-0.2, -0.15) is 5.10 Å². The summed E-state index contributed by atoms with van der Waals surface area (Å²) < 4.78 is 12.8. The van der Waals surface area contributed by atoms with Crippen LogP contribution in [0.3, 0.4) is 0 Å². The van der Waals surface area contributed by atoms with Gasteiger partial charge in [0.1, 0.15) is 4.83 Å². The van der Waals surface area contributed by atoms with Gasteiger partial charge < -0.3 is 25.2 Å². The number of hydrogen-bond acceptors (Lipinski definition) is 10. The summed E-state index contributed by atoms with van der Waals surface area (Å²) in [5.41, 5.74) is 2.27. The number of methoxy groups -OCH3 is 1. The summed E-state index contributed by atoms with van der Waals surface area (Å²) in [6.07, 6.45) is 6.21. The first-order valence-corrected chi connectivity index (χ1v) is 13.5. The number of amides is 2. The van der Waals surface area contributed by atoms with Crippen molar-refractivity contribution in [3.63, 3.8) is 0 Å². The fourth-order valence-corrected chi connectivity index (χ4v) is 5.84. The maximum absolute atomic E-state index is 13.3. The fraction of sp³-hybridized carbons (Fsp3) is 0.370. The maximum atomic E-state index is 13.3. The van der Waals surface area contributed by atoms with E-state index >= 15 is 0 Å². The summed E-state index contributed by atoms with van der Waals surface area (Å²) in [5, 5.41) is 19.6. The number of aliphatic hydroxyl groups excluding tert-OH is 1. The van der Waals surface area contributed by atoms with Gasteiger partial charge in [-0.1, -0.05) is 0 Å². The van der Waals surface area contributed by atoms with Gasteiger partial charge in [0, 0.05) is 25.5 Å². The zero-order chi connectivity index (χ0) is 28.4. The number of anilines is 2. The van der Waals surface area contributed by atoms with Gasteiger partial charge in [-0.3, -0.25) is 19.5 Å². The highest BCUT2D eigenvalue weighted by molar-refractivity contribution is 7.21. The number of thiazole rings is 1. The summed E-state index contributed by atoms with van der Waals surface area (Å²) in [6.45, 7) is 6.68. The number of aliphatic hydroxyl groups is 1. The van der Waals surface area contributed by atoms with Crippen molar-refractivity contribution in [2.24, 2.45) is 0 Å². The highest BCUT2D eigenvalue weighted by atomic mass is 32.1. The maximum Gasteiger partial charge on any atom is 0.260 e. The Hall–Kier alpha value is -3.91. The number of morpholine rings is 1. The van der Waals surface area contributed by atoms with Crippen LogP contribution in [0.25, 0.3) is 15.3 Å². The second-order valence-corrected chi connectivity index (χ2v) is 11.2. The Morgan fingerprint density at radius 1 is 1.27 bits per heavy atom. The van der Waals surface area contributed by atoms with E-state index in [0.29, 0.717) is 46.4 Å². The molecule has 1 aliphatic heterocycles. The molecule has 5 heterocycles. The predicted octanol–water partition coefficient (Wildman–Crippen LogP) is 2.83. The van der Waals surface area contributed by atoms with Gasteiger partial charge in [-0.05, 0) is 39.0 Å². The zero-order valence-corrected chi connectivity index (χ0v) is 23.5. The number of ether oxygens (including phenoxy) is 2. The van der Waals surface area contributed by atoms with Gasteiger partial charge in [0.15, 0.2) is 0 Å². The SMILES string of the molecule is COc1ncccc1-c1cn2ncc(C(=O)Nc3cc(NC(=O)CN4C[C@@H](CO)OC(C)(C)C4)cnc3C)c2s1. The van der Waals surface area contributed by atoms with Gasteiger partial charge in [0.2, 0.25) is 11.8 Å². The molecule has 1 fully saturated rings. The van der Waals surface area contributed by atoms with Crippen LogP contribution in [0.5, 0.6) is 5.88 Å². The molecule has 210 valence electrons. The Bertz CT molecular complexity index is 1550. The number of hydrogen-bond donors (Lipinski definition) is 3. The number of aromatic nitrogens is 4. The first-order valence-electron chi connectivity index (χ1n) is 12.7. The molecule has 3 N–H and O–H groups in total. The summed E-state index contributed by atoms with van der Waals surface area (Å²) in [7, 11) is 1.56. The third kappa shape index (κ3) is 5.97. The topological polar surface area (TPSA) is 143 Å². The molecule has 13 heteroatoms. The number of nitrogens with one attached hydrogen (secondary N) is 2. The molecule has 4 aromatic heterocycles. The minimum Gasteiger partial charge on any atom is -0.481 e. The van der Waals surface area contributed by atoms with Crippen molar-refractivity contribution < 1.29 is 24.2 Å². The highest BCUT2D eigenvalue weighted by Crippen LogP contribution is 2.35. The quantitative estimate of drug-likeness (QED) is 0.294. The number of fused-ring (bicyclic) bond motifs is 1. The van der Waals surface area contributed by atoms with E-state index in [9.17, 15) is 14.7 Å². The fourth-order valence-electron chi connectivity index (χ4n) is 4.76. The van der Waals surface area contributed by atoms with Crippen molar-refractivity contribution in [1.29, 1.82) is 0 Å². The molecule has 40 heavy (non-hydrogen) atoms. The molecule has 5 rings (SSSR count). The molecule has 0 unspecified atom stereocenters. The summed E-state index contributed by atoms with van der Waals surface area (Å²) in [5.74, 6) is -0.0859. The largest absolute Gasteiger partial charge is 0.481 e. The van der Waals surface area contributed by atoms with E-state index < -0.39 is 5.60 Å². The van der Waals surface area contributed by atoms with Gasteiger partial charge in [-0.15, -0.1) is 11.3 Å². The van der Waals surface area contributed by atoms with E-state index in [1.165, 1.54) is 17.5 Å². The average Bonchev–Trinajstić information content (AvgIpc) is 3.50. The van der Waals surface area contributed by atoms with E-state index in [1.807, 2.05) is 37.1 Å². The van der Waals surface area contributed by atoms with Gasteiger partial charge in [0.05, 0.1) is 77.4 Å². The van der Waals surface area contributed by atoms with Crippen molar-refractivity contribution in [3.8, 4) is 16.3 Å². The number of carbonyl (C=O) groups excluding carboxylic acids is 2. The van der Waals surface area contributed by atoms with E-state index in [0.717, 1.165) is 10.4 Å². The lowest BCUT2D eigenvalue weighted by atomic mass is 10.1. The summed E-state index contributed by atoms with van der Waals surface area (Å²) >= 11 is 1.40. The van der Waals surface area contributed by atoms with Crippen LogP contribution in [0, 0.1) is 6.92 Å². The van der Waals surface area contributed by atoms with Gasteiger partial charge in [0.25, 0.3) is 5.91 Å². The molecule has 1 saturated heterocycles. The first-order chi connectivity index (χ1) is 19.2. The second kappa shape index (κ2) is 11.3. The monoisotopic (exact) mass is 565 g/mol. The molecule has 0 bridgehead atoms. The minimum atomic E-state index is -0.471. The van der Waals surface area contributed by atoms with E-state index in [1.54, 1.807) is 37.0 Å². The molecule has 0 spiro atoms. The third-order valence-corrected chi connectivity index (χ3v) is 7.56. The molecule has 0 aliphatic carbocycles. The smallest absolute Gasteiger partial charge is 0.260 e. The summed E-state index contributed by atoms with van der Waals surface area (Å²) in [6, 6.07) is 5.40. The average molecular weight is 566 g/mol. The Morgan fingerprint density at radius 3 is 2.88 bits per heavy atom. The minimum absolute atomic E-state index is 0.110. The van der Waals surface area contributed by atoms with E-state index in [2.05, 4.69) is 25.7 Å². The zero-order valence-electron chi connectivity index (χ0n) is 22.7. The van der Waals surface area contributed by atoms with Gasteiger partial charge in [-0.25, -0.2) is 9.50 Å². The molecule has 0 saturated carbocycles. The Balaban J connectivity index is 1.29. The summed E-state index contributed by atoms with van der Waals surface area (Å²) in [4.78, 5) is 38.2. The lowest BCUT2D eigenvalue weighted by Crippen LogP contribution is -2.55. The number of aryl methyl sites for hydroxylation is 1. The highest BCUT2D eigenvalue weighted by Gasteiger charge is 2.33. The molecule has 0 radical (unpaired) electrons.